The number of anilines is 3. The van der Waals surface area contributed by atoms with Crippen molar-refractivity contribution in [2.45, 2.75) is 32.1 Å². The second kappa shape index (κ2) is 14.0. The minimum atomic E-state index is -1.40. The van der Waals surface area contributed by atoms with Crippen molar-refractivity contribution in [3.05, 3.63) is 131 Å². The summed E-state index contributed by atoms with van der Waals surface area (Å²) in [5.41, 5.74) is 3.13. The van der Waals surface area contributed by atoms with Crippen LogP contribution in [0, 0.1) is 34.9 Å². The van der Waals surface area contributed by atoms with E-state index in [-0.39, 0.29) is 35.2 Å². The molecular weight excluding hydrogens is 733 g/mol. The molecule has 0 unspecified atom stereocenters. The van der Waals surface area contributed by atoms with Crippen molar-refractivity contribution < 1.29 is 28.7 Å². The van der Waals surface area contributed by atoms with Gasteiger partial charge in [-0.1, -0.05) is 47.5 Å². The normalized spacial score (nSPS) is 25.7. The number of para-hydroxylation sites is 1. The van der Waals surface area contributed by atoms with Crippen molar-refractivity contribution in [1.82, 2.24) is 0 Å². The van der Waals surface area contributed by atoms with Gasteiger partial charge in [0.2, 0.25) is 23.6 Å². The smallest absolute Gasteiger partial charge is 0.241 e. The Bertz CT molecular complexity index is 2380. The summed E-state index contributed by atoms with van der Waals surface area (Å²) in [7, 11) is 3.91. The number of imide groups is 2. The highest BCUT2D eigenvalue weighted by molar-refractivity contribution is 6.32. The number of carbonyl (C=O) groups is 4. The van der Waals surface area contributed by atoms with Gasteiger partial charge in [-0.2, -0.15) is 10.2 Å². The molecule has 56 heavy (non-hydrogen) atoms. The van der Waals surface area contributed by atoms with Crippen molar-refractivity contribution in [2.24, 2.45) is 39.3 Å². The molecule has 2 heterocycles. The number of hydrogen-bond acceptors (Lipinski definition) is 8. The third kappa shape index (κ3) is 5.75. The molecule has 0 bridgehead atoms. The van der Waals surface area contributed by atoms with Crippen LogP contribution in [-0.2, 0) is 25.6 Å². The molecule has 0 spiro atoms. The molecule has 3 fully saturated rings. The lowest BCUT2D eigenvalue weighted by Crippen LogP contribution is -2.49. The fourth-order valence-corrected chi connectivity index (χ4v) is 9.42. The molecule has 8 rings (SSSR count). The molecule has 2 aliphatic heterocycles. The molecular formula is C44H39ClFN5O5. The van der Waals surface area contributed by atoms with E-state index >= 15 is 0 Å². The van der Waals surface area contributed by atoms with Gasteiger partial charge in [0.15, 0.2) is 0 Å². The Morgan fingerprint density at radius 1 is 0.893 bits per heavy atom. The van der Waals surface area contributed by atoms with E-state index in [0.29, 0.717) is 34.6 Å². The van der Waals surface area contributed by atoms with Crippen LogP contribution in [0.25, 0.3) is 0 Å². The first-order valence-corrected chi connectivity index (χ1v) is 18.8. The maximum absolute atomic E-state index is 14.7. The van der Waals surface area contributed by atoms with Crippen LogP contribution in [0.2, 0.25) is 5.02 Å². The molecule has 4 amide bonds. The van der Waals surface area contributed by atoms with Gasteiger partial charge >= 0.3 is 0 Å². The Hall–Kier alpha value is -5.94. The van der Waals surface area contributed by atoms with E-state index in [4.69, 9.17) is 11.6 Å². The van der Waals surface area contributed by atoms with Crippen molar-refractivity contribution >= 4 is 63.7 Å². The number of hydrogen-bond donors (Lipinski definition) is 1. The maximum atomic E-state index is 14.7. The standard InChI is InChI=1S/C44H39ClFN5O5/c1-5-7-24-8-6-9-32(39(24)52)38-30-19-20-31-37(33(30)23-34-41(54)51(43(56)44(34,38)2)29-18-21-36(46)35(45)22-29)42(55)50(40(31)53)28-16-12-26(13-17-28)48-47-25-10-14-27(15-11-25)49(3)4/h5-6,8-19,21-22,31,33-34,37-38,52H,1,7,20,23H2,2-4H3/t31-,33+,34-,37-,38+,44+/m0/s1. The molecule has 10 nitrogen and oxygen atoms in total. The number of nitrogens with zero attached hydrogens (tertiary/aromatic N) is 5. The van der Waals surface area contributed by atoms with E-state index in [1.54, 1.807) is 55.5 Å². The molecule has 2 saturated heterocycles. The lowest BCUT2D eigenvalue weighted by molar-refractivity contribution is -0.131. The number of carbonyl (C=O) groups excluding carboxylic acids is 4. The molecule has 4 aromatic carbocycles. The average Bonchev–Trinajstić information content (AvgIpc) is 3.56. The van der Waals surface area contributed by atoms with Gasteiger partial charge in [0.1, 0.15) is 11.6 Å². The molecule has 1 saturated carbocycles. The molecule has 284 valence electrons. The zero-order valence-electron chi connectivity index (χ0n) is 31.0. The van der Waals surface area contributed by atoms with E-state index in [2.05, 4.69) is 16.8 Å². The minimum absolute atomic E-state index is 0.0251. The van der Waals surface area contributed by atoms with Gasteiger partial charge in [-0.25, -0.2) is 9.29 Å². The zero-order chi connectivity index (χ0) is 39.6. The number of amides is 4. The highest BCUT2D eigenvalue weighted by Gasteiger charge is 2.68. The summed E-state index contributed by atoms with van der Waals surface area (Å²) in [6.45, 7) is 5.54. The number of halogens is 2. The molecule has 0 aromatic heterocycles. The van der Waals surface area contributed by atoms with Gasteiger partial charge in [0.25, 0.3) is 0 Å². The maximum Gasteiger partial charge on any atom is 0.241 e. The van der Waals surface area contributed by atoms with E-state index in [1.165, 1.54) is 17.0 Å². The van der Waals surface area contributed by atoms with E-state index < -0.39 is 58.5 Å². The van der Waals surface area contributed by atoms with Crippen LogP contribution in [0.3, 0.4) is 0 Å². The summed E-state index contributed by atoms with van der Waals surface area (Å²) in [4.78, 5) is 62.2. The van der Waals surface area contributed by atoms with Crippen LogP contribution in [-0.4, -0.2) is 42.8 Å². The second-order valence-electron chi connectivity index (χ2n) is 15.2. The molecule has 1 N–H and O–H groups in total. The van der Waals surface area contributed by atoms with Gasteiger partial charge in [0, 0.05) is 31.3 Å². The van der Waals surface area contributed by atoms with Gasteiger partial charge in [-0.3, -0.25) is 24.1 Å². The molecule has 4 aliphatic rings. The number of allylic oxidation sites excluding steroid dienone is 3. The van der Waals surface area contributed by atoms with E-state index in [9.17, 15) is 28.7 Å². The van der Waals surface area contributed by atoms with Crippen LogP contribution in [0.4, 0.5) is 32.8 Å². The number of fused-ring (bicyclic) bond motifs is 4. The first-order chi connectivity index (χ1) is 26.8. The first kappa shape index (κ1) is 37.0. The predicted molar refractivity (Wildman–Crippen MR) is 212 cm³/mol. The van der Waals surface area contributed by atoms with Crippen LogP contribution in [0.1, 0.15) is 36.8 Å². The van der Waals surface area contributed by atoms with Gasteiger partial charge in [-0.15, -0.1) is 6.58 Å². The Morgan fingerprint density at radius 3 is 2.20 bits per heavy atom. The predicted octanol–water partition coefficient (Wildman–Crippen LogP) is 8.83. The van der Waals surface area contributed by atoms with Crippen molar-refractivity contribution in [3.63, 3.8) is 0 Å². The number of azo groups is 1. The van der Waals surface area contributed by atoms with Crippen molar-refractivity contribution in [3.8, 4) is 5.75 Å². The van der Waals surface area contributed by atoms with Gasteiger partial charge in [-0.05, 0) is 104 Å². The first-order valence-electron chi connectivity index (χ1n) is 18.5. The SMILES string of the molecule is C=CCc1cccc([C@H]2C3=CC[C@@H]4C(=O)N(c5ccc(N=Nc6ccc(N(C)C)cc6)cc5)C(=O)[C@@H]4[C@@H]3C[C@H]3C(=O)N(c4ccc(F)c(Cl)c4)C(=O)[C@@]23C)c1O. The Kier molecular flexibility index (Phi) is 9.23. The summed E-state index contributed by atoms with van der Waals surface area (Å²) in [6, 6.07) is 23.3. The van der Waals surface area contributed by atoms with Gasteiger partial charge < -0.3 is 10.0 Å². The quantitative estimate of drug-likeness (QED) is 0.109. The van der Waals surface area contributed by atoms with Crippen LogP contribution < -0.4 is 14.7 Å². The highest BCUT2D eigenvalue weighted by Crippen LogP contribution is 2.64. The van der Waals surface area contributed by atoms with Crippen LogP contribution in [0.15, 0.2) is 119 Å². The Balaban J connectivity index is 1.15. The van der Waals surface area contributed by atoms with E-state index in [0.717, 1.165) is 22.2 Å². The number of benzene rings is 4. The number of aromatic hydroxyl groups is 1. The van der Waals surface area contributed by atoms with Crippen molar-refractivity contribution in [1.29, 1.82) is 0 Å². The Morgan fingerprint density at radius 2 is 1.55 bits per heavy atom. The summed E-state index contributed by atoms with van der Waals surface area (Å²) in [5.74, 6) is -6.35. The van der Waals surface area contributed by atoms with Crippen molar-refractivity contribution in [2.75, 3.05) is 28.8 Å². The number of rotatable bonds is 8. The largest absolute Gasteiger partial charge is 0.507 e. The van der Waals surface area contributed by atoms with E-state index in [1.807, 2.05) is 49.3 Å². The lowest BCUT2D eigenvalue weighted by atomic mass is 9.51. The molecule has 4 aromatic rings. The molecule has 12 heteroatoms. The summed E-state index contributed by atoms with van der Waals surface area (Å²) in [6.07, 6.45) is 4.30. The third-order valence-corrected chi connectivity index (χ3v) is 12.3. The fourth-order valence-electron chi connectivity index (χ4n) is 9.25. The molecule has 2 aliphatic carbocycles. The molecule has 0 radical (unpaired) electrons. The number of phenols is 1. The third-order valence-electron chi connectivity index (χ3n) is 12.0. The summed E-state index contributed by atoms with van der Waals surface area (Å²) in [5, 5.41) is 20.1. The monoisotopic (exact) mass is 771 g/mol. The fraction of sp³-hybridized carbons (Fsp3) is 0.273. The second-order valence-corrected chi connectivity index (χ2v) is 15.7. The van der Waals surface area contributed by atoms with Gasteiger partial charge in [0.05, 0.1) is 50.9 Å². The lowest BCUT2D eigenvalue weighted by Gasteiger charge is -2.49. The van der Waals surface area contributed by atoms with Crippen LogP contribution in [0.5, 0.6) is 5.75 Å². The number of phenolic OH excluding ortho intramolecular Hbond substituents is 1. The summed E-state index contributed by atoms with van der Waals surface area (Å²) >= 11 is 6.13. The minimum Gasteiger partial charge on any atom is -0.507 e. The topological polar surface area (TPSA) is 123 Å². The zero-order valence-corrected chi connectivity index (χ0v) is 31.8. The molecule has 6 atom stereocenters. The summed E-state index contributed by atoms with van der Waals surface area (Å²) < 4.78 is 14.2. The van der Waals surface area contributed by atoms with Crippen LogP contribution >= 0.6 is 11.6 Å². The average molecular weight is 772 g/mol. The Labute approximate surface area is 328 Å². The highest BCUT2D eigenvalue weighted by atomic mass is 35.5.